The fourth-order valence-electron chi connectivity index (χ4n) is 0.907. The van der Waals surface area contributed by atoms with Crippen LogP contribution in [0.2, 0.25) is 5.15 Å². The second-order valence-corrected chi connectivity index (χ2v) is 6.11. The lowest BCUT2D eigenvalue weighted by Gasteiger charge is -2.17. The number of nitrogens with zero attached hydrogens (tertiary/aromatic N) is 1. The van der Waals surface area contributed by atoms with Gasteiger partial charge in [0, 0.05) is 12.7 Å². The Labute approximate surface area is 99.5 Å². The van der Waals surface area contributed by atoms with Gasteiger partial charge < -0.3 is 5.11 Å². The molecule has 1 aromatic heterocycles. The van der Waals surface area contributed by atoms with Gasteiger partial charge in [-0.1, -0.05) is 11.6 Å². The van der Waals surface area contributed by atoms with Crippen LogP contribution in [-0.4, -0.2) is 30.7 Å². The highest BCUT2D eigenvalue weighted by atomic mass is 35.5. The zero-order chi connectivity index (χ0) is 12.4. The van der Waals surface area contributed by atoms with Crippen LogP contribution in [0, 0.1) is 0 Å². The summed E-state index contributed by atoms with van der Waals surface area (Å²) in [5.74, 6) is 0. The zero-order valence-electron chi connectivity index (χ0n) is 8.94. The Morgan fingerprint density at radius 1 is 1.56 bits per heavy atom. The Morgan fingerprint density at radius 2 is 2.19 bits per heavy atom. The summed E-state index contributed by atoms with van der Waals surface area (Å²) in [5.41, 5.74) is -1.11. The molecule has 5 nitrogen and oxygen atoms in total. The van der Waals surface area contributed by atoms with E-state index in [1.54, 1.807) is 0 Å². The van der Waals surface area contributed by atoms with Crippen molar-refractivity contribution < 1.29 is 13.5 Å². The molecule has 0 bridgehead atoms. The molecule has 0 aliphatic rings. The van der Waals surface area contributed by atoms with Crippen molar-refractivity contribution in [3.05, 3.63) is 23.5 Å². The summed E-state index contributed by atoms with van der Waals surface area (Å²) in [6.45, 7) is 2.94. The van der Waals surface area contributed by atoms with Crippen molar-refractivity contribution in [3.63, 3.8) is 0 Å². The van der Waals surface area contributed by atoms with E-state index in [0.717, 1.165) is 0 Å². The summed E-state index contributed by atoms with van der Waals surface area (Å²) in [5, 5.41) is 9.52. The predicted octanol–water partition coefficient (Wildman–Crippen LogP) is 0.784. The van der Waals surface area contributed by atoms with Gasteiger partial charge in [-0.2, -0.15) is 0 Å². The van der Waals surface area contributed by atoms with Crippen molar-refractivity contribution in [2.45, 2.75) is 24.3 Å². The van der Waals surface area contributed by atoms with Gasteiger partial charge in [0.25, 0.3) is 0 Å². The van der Waals surface area contributed by atoms with Crippen LogP contribution in [-0.2, 0) is 10.0 Å². The van der Waals surface area contributed by atoms with Crippen molar-refractivity contribution in [1.82, 2.24) is 9.71 Å². The second-order valence-electron chi connectivity index (χ2n) is 3.95. The number of rotatable bonds is 4. The topological polar surface area (TPSA) is 79.3 Å². The average molecular weight is 265 g/mol. The van der Waals surface area contributed by atoms with Crippen molar-refractivity contribution >= 4 is 21.6 Å². The molecule has 0 saturated heterocycles. The van der Waals surface area contributed by atoms with Crippen molar-refractivity contribution in [1.29, 1.82) is 0 Å². The minimum Gasteiger partial charge on any atom is -0.389 e. The van der Waals surface area contributed by atoms with E-state index in [9.17, 15) is 13.5 Å². The largest absolute Gasteiger partial charge is 0.389 e. The molecule has 0 aliphatic heterocycles. The van der Waals surface area contributed by atoms with Gasteiger partial charge in [-0.25, -0.2) is 18.1 Å². The van der Waals surface area contributed by atoms with Crippen LogP contribution in [0.5, 0.6) is 0 Å². The highest BCUT2D eigenvalue weighted by Gasteiger charge is 2.19. The van der Waals surface area contributed by atoms with Crippen molar-refractivity contribution in [3.8, 4) is 0 Å². The molecule has 1 heterocycles. The molecule has 16 heavy (non-hydrogen) atoms. The third-order valence-electron chi connectivity index (χ3n) is 1.70. The maximum absolute atomic E-state index is 11.7. The fourth-order valence-corrected chi connectivity index (χ4v) is 2.36. The van der Waals surface area contributed by atoms with Crippen LogP contribution < -0.4 is 4.72 Å². The zero-order valence-corrected chi connectivity index (χ0v) is 10.5. The summed E-state index contributed by atoms with van der Waals surface area (Å²) < 4.78 is 25.7. The number of aliphatic hydroxyl groups is 1. The molecule has 0 atom stereocenters. The summed E-state index contributed by atoms with van der Waals surface area (Å²) in [6.07, 6.45) is 1.31. The Morgan fingerprint density at radius 3 is 2.69 bits per heavy atom. The molecule has 0 radical (unpaired) electrons. The Kier molecular flexibility index (Phi) is 3.90. The molecule has 0 aromatic carbocycles. The summed E-state index contributed by atoms with van der Waals surface area (Å²) >= 11 is 5.59. The Bertz CT molecular complexity index is 468. The first kappa shape index (κ1) is 13.4. The maximum atomic E-state index is 11.7. The minimum absolute atomic E-state index is 0.0248. The van der Waals surface area contributed by atoms with Crippen LogP contribution in [0.3, 0.4) is 0 Å². The molecule has 0 spiro atoms. The molecule has 1 aromatic rings. The quantitative estimate of drug-likeness (QED) is 0.788. The molecule has 7 heteroatoms. The van der Waals surface area contributed by atoms with Crippen molar-refractivity contribution in [2.75, 3.05) is 6.54 Å². The first-order valence-corrected chi connectivity index (χ1v) is 6.40. The number of aromatic nitrogens is 1. The smallest absolute Gasteiger partial charge is 0.240 e. The van der Waals surface area contributed by atoms with Crippen LogP contribution in [0.1, 0.15) is 13.8 Å². The van der Waals surface area contributed by atoms with E-state index in [-0.39, 0.29) is 16.6 Å². The first-order chi connectivity index (χ1) is 7.21. The van der Waals surface area contributed by atoms with Crippen LogP contribution >= 0.6 is 11.6 Å². The summed E-state index contributed by atoms with van der Waals surface area (Å²) in [4.78, 5) is 3.71. The van der Waals surface area contributed by atoms with Crippen molar-refractivity contribution in [2.24, 2.45) is 0 Å². The monoisotopic (exact) mass is 264 g/mol. The van der Waals surface area contributed by atoms with Crippen LogP contribution in [0.15, 0.2) is 23.2 Å². The van der Waals surface area contributed by atoms with Gasteiger partial charge in [0.05, 0.1) is 10.5 Å². The molecule has 0 saturated carbocycles. The van der Waals surface area contributed by atoms with E-state index in [0.29, 0.717) is 0 Å². The van der Waals surface area contributed by atoms with Gasteiger partial charge in [0.1, 0.15) is 5.15 Å². The van der Waals surface area contributed by atoms with Gasteiger partial charge in [0.2, 0.25) is 10.0 Å². The fraction of sp³-hybridized carbons (Fsp3) is 0.444. The summed E-state index contributed by atoms with van der Waals surface area (Å²) in [7, 11) is -3.65. The SMILES string of the molecule is CC(C)(O)CNS(=O)(=O)c1ccnc(Cl)c1. The van der Waals surface area contributed by atoms with Crippen LogP contribution in [0.25, 0.3) is 0 Å². The van der Waals surface area contributed by atoms with E-state index >= 15 is 0 Å². The van der Waals surface area contributed by atoms with Gasteiger partial charge in [0.15, 0.2) is 0 Å². The molecule has 90 valence electrons. The number of nitrogens with one attached hydrogen (secondary N) is 1. The first-order valence-electron chi connectivity index (χ1n) is 4.54. The Balaban J connectivity index is 2.87. The molecular weight excluding hydrogens is 252 g/mol. The molecule has 0 unspecified atom stereocenters. The van der Waals surface area contributed by atoms with E-state index < -0.39 is 15.6 Å². The lowest BCUT2D eigenvalue weighted by molar-refractivity contribution is 0.0857. The minimum atomic E-state index is -3.65. The normalized spacial score (nSPS) is 12.8. The lowest BCUT2D eigenvalue weighted by atomic mass is 10.1. The highest BCUT2D eigenvalue weighted by Crippen LogP contribution is 2.13. The average Bonchev–Trinajstić information content (AvgIpc) is 2.14. The standard InChI is InChI=1S/C9H13ClN2O3S/c1-9(2,13)6-12-16(14,15)7-3-4-11-8(10)5-7/h3-5,12-13H,6H2,1-2H3. The molecule has 0 amide bonds. The summed E-state index contributed by atoms with van der Waals surface area (Å²) in [6, 6.07) is 2.58. The van der Waals surface area contributed by atoms with Gasteiger partial charge in [-0.3, -0.25) is 0 Å². The van der Waals surface area contributed by atoms with Gasteiger partial charge >= 0.3 is 0 Å². The lowest BCUT2D eigenvalue weighted by Crippen LogP contribution is -2.38. The second kappa shape index (κ2) is 4.67. The van der Waals surface area contributed by atoms with E-state index in [1.165, 1.54) is 32.2 Å². The predicted molar refractivity (Wildman–Crippen MR) is 60.7 cm³/mol. The molecular formula is C9H13ClN2O3S. The molecule has 1 rings (SSSR count). The van der Waals surface area contributed by atoms with Gasteiger partial charge in [-0.15, -0.1) is 0 Å². The number of hydrogen-bond acceptors (Lipinski definition) is 4. The van der Waals surface area contributed by atoms with Crippen LogP contribution in [0.4, 0.5) is 0 Å². The molecule has 2 N–H and O–H groups in total. The number of pyridine rings is 1. The van der Waals surface area contributed by atoms with Gasteiger partial charge in [-0.05, 0) is 26.0 Å². The molecule has 0 aliphatic carbocycles. The van der Waals surface area contributed by atoms with E-state index in [1.807, 2.05) is 0 Å². The number of halogens is 1. The number of sulfonamides is 1. The third-order valence-corrected chi connectivity index (χ3v) is 3.31. The van der Waals surface area contributed by atoms with E-state index in [2.05, 4.69) is 9.71 Å². The third kappa shape index (κ3) is 4.05. The number of hydrogen-bond donors (Lipinski definition) is 2. The Hall–Kier alpha value is -0.690. The molecule has 0 fully saturated rings. The maximum Gasteiger partial charge on any atom is 0.240 e. The highest BCUT2D eigenvalue weighted by molar-refractivity contribution is 7.89. The van der Waals surface area contributed by atoms with E-state index in [4.69, 9.17) is 11.6 Å².